The minimum absolute atomic E-state index is 0.443. The highest BCUT2D eigenvalue weighted by atomic mass is 14.1. The molecule has 0 spiro atoms. The average Bonchev–Trinajstić information content (AvgIpc) is 2.61. The molecule has 3 rings (SSSR count). The van der Waals surface area contributed by atoms with E-state index in [1.165, 1.54) is 27.8 Å². The first-order valence-electron chi connectivity index (χ1n) is 8.42. The fraction of sp³-hybridized carbons (Fsp3) is 0.217. The van der Waals surface area contributed by atoms with Crippen molar-refractivity contribution < 1.29 is 0 Å². The van der Waals surface area contributed by atoms with E-state index >= 15 is 0 Å². The van der Waals surface area contributed by atoms with Crippen LogP contribution in [0.4, 0.5) is 0 Å². The van der Waals surface area contributed by atoms with Gasteiger partial charge in [-0.1, -0.05) is 91.3 Å². The summed E-state index contributed by atoms with van der Waals surface area (Å²) in [5.41, 5.74) is 6.92. The van der Waals surface area contributed by atoms with Gasteiger partial charge >= 0.3 is 0 Å². The molecule has 0 saturated carbocycles. The molecule has 1 unspecified atom stereocenters. The predicted molar refractivity (Wildman–Crippen MR) is 99.0 cm³/mol. The molecular formula is C23H24. The summed E-state index contributed by atoms with van der Waals surface area (Å²) in [5.74, 6) is 0.443. The van der Waals surface area contributed by atoms with E-state index in [0.717, 1.165) is 12.8 Å². The van der Waals surface area contributed by atoms with Crippen molar-refractivity contribution in [2.75, 3.05) is 0 Å². The first-order valence-corrected chi connectivity index (χ1v) is 8.42. The molecule has 0 aliphatic rings. The SMILES string of the molecule is Cc1cccc(C(C)c2ccc(CCc3ccccc3)cc2)c1. The van der Waals surface area contributed by atoms with Crippen LogP contribution in [0.25, 0.3) is 0 Å². The van der Waals surface area contributed by atoms with Crippen LogP contribution >= 0.6 is 0 Å². The van der Waals surface area contributed by atoms with E-state index in [1.807, 2.05) is 0 Å². The highest BCUT2D eigenvalue weighted by Crippen LogP contribution is 2.25. The lowest BCUT2D eigenvalue weighted by atomic mass is 9.91. The molecule has 0 heterocycles. The molecule has 0 aliphatic heterocycles. The molecule has 0 fully saturated rings. The molecule has 0 aliphatic carbocycles. The van der Waals surface area contributed by atoms with Crippen LogP contribution < -0.4 is 0 Å². The van der Waals surface area contributed by atoms with Gasteiger partial charge in [-0.05, 0) is 42.0 Å². The van der Waals surface area contributed by atoms with E-state index in [1.54, 1.807) is 0 Å². The molecular weight excluding hydrogens is 276 g/mol. The predicted octanol–water partition coefficient (Wildman–Crippen LogP) is 5.93. The molecule has 3 aromatic rings. The van der Waals surface area contributed by atoms with Gasteiger partial charge in [-0.3, -0.25) is 0 Å². The van der Waals surface area contributed by atoms with E-state index in [0.29, 0.717) is 5.92 Å². The smallest absolute Gasteiger partial charge is 0.00611 e. The van der Waals surface area contributed by atoms with Gasteiger partial charge < -0.3 is 0 Å². The van der Waals surface area contributed by atoms with Crippen LogP contribution in [0.3, 0.4) is 0 Å². The Labute approximate surface area is 139 Å². The van der Waals surface area contributed by atoms with Crippen molar-refractivity contribution >= 4 is 0 Å². The highest BCUT2D eigenvalue weighted by molar-refractivity contribution is 5.35. The Morgan fingerprint density at radius 3 is 1.96 bits per heavy atom. The number of benzene rings is 3. The maximum atomic E-state index is 2.29. The zero-order valence-corrected chi connectivity index (χ0v) is 14.0. The Morgan fingerprint density at radius 1 is 0.652 bits per heavy atom. The lowest BCUT2D eigenvalue weighted by Crippen LogP contribution is -1.97. The zero-order valence-electron chi connectivity index (χ0n) is 14.0. The maximum absolute atomic E-state index is 2.29. The average molecular weight is 300 g/mol. The fourth-order valence-corrected chi connectivity index (χ4v) is 3.04. The summed E-state index contributed by atoms with van der Waals surface area (Å²) in [7, 11) is 0. The highest BCUT2D eigenvalue weighted by Gasteiger charge is 2.08. The Kier molecular flexibility index (Phi) is 4.92. The summed E-state index contributed by atoms with van der Waals surface area (Å²) < 4.78 is 0. The van der Waals surface area contributed by atoms with E-state index in [-0.39, 0.29) is 0 Å². The van der Waals surface area contributed by atoms with Crippen molar-refractivity contribution in [1.29, 1.82) is 0 Å². The van der Waals surface area contributed by atoms with Crippen LogP contribution in [0, 0.1) is 6.92 Å². The van der Waals surface area contributed by atoms with E-state index < -0.39 is 0 Å². The number of hydrogen-bond donors (Lipinski definition) is 0. The Balaban J connectivity index is 1.67. The lowest BCUT2D eigenvalue weighted by Gasteiger charge is -2.14. The molecule has 0 radical (unpaired) electrons. The number of rotatable bonds is 5. The second kappa shape index (κ2) is 7.28. The van der Waals surface area contributed by atoms with Crippen LogP contribution in [0.2, 0.25) is 0 Å². The molecule has 0 N–H and O–H groups in total. The fourth-order valence-electron chi connectivity index (χ4n) is 3.04. The second-order valence-corrected chi connectivity index (χ2v) is 6.36. The van der Waals surface area contributed by atoms with Gasteiger partial charge in [0.1, 0.15) is 0 Å². The van der Waals surface area contributed by atoms with Crippen LogP contribution in [0.15, 0.2) is 78.9 Å². The molecule has 0 bridgehead atoms. The lowest BCUT2D eigenvalue weighted by molar-refractivity contribution is 0.910. The molecule has 1 atom stereocenters. The monoisotopic (exact) mass is 300 g/mol. The third-order valence-electron chi connectivity index (χ3n) is 4.57. The van der Waals surface area contributed by atoms with Crippen molar-refractivity contribution in [3.63, 3.8) is 0 Å². The molecule has 0 saturated heterocycles. The second-order valence-electron chi connectivity index (χ2n) is 6.36. The van der Waals surface area contributed by atoms with Gasteiger partial charge in [0.15, 0.2) is 0 Å². The van der Waals surface area contributed by atoms with Crippen LogP contribution in [-0.2, 0) is 12.8 Å². The Bertz CT molecular complexity index is 739. The molecule has 3 aromatic carbocycles. The number of hydrogen-bond acceptors (Lipinski definition) is 0. The Hall–Kier alpha value is -2.34. The summed E-state index contributed by atoms with van der Waals surface area (Å²) >= 11 is 0. The van der Waals surface area contributed by atoms with Crippen LogP contribution in [-0.4, -0.2) is 0 Å². The molecule has 0 heteroatoms. The number of aryl methyl sites for hydroxylation is 3. The largest absolute Gasteiger partial charge is 0.0622 e. The molecule has 116 valence electrons. The van der Waals surface area contributed by atoms with Gasteiger partial charge in [0, 0.05) is 5.92 Å². The summed E-state index contributed by atoms with van der Waals surface area (Å²) in [6.07, 6.45) is 2.21. The molecule has 0 nitrogen and oxygen atoms in total. The van der Waals surface area contributed by atoms with Gasteiger partial charge in [-0.2, -0.15) is 0 Å². The van der Waals surface area contributed by atoms with Gasteiger partial charge in [-0.15, -0.1) is 0 Å². The summed E-state index contributed by atoms with van der Waals surface area (Å²) in [6.45, 7) is 4.44. The first kappa shape index (κ1) is 15.6. The third kappa shape index (κ3) is 4.10. The van der Waals surface area contributed by atoms with E-state index in [9.17, 15) is 0 Å². The zero-order chi connectivity index (χ0) is 16.1. The first-order chi connectivity index (χ1) is 11.2. The summed E-state index contributed by atoms with van der Waals surface area (Å²) in [6, 6.07) is 28.7. The van der Waals surface area contributed by atoms with E-state index in [4.69, 9.17) is 0 Å². The van der Waals surface area contributed by atoms with Gasteiger partial charge in [0.25, 0.3) is 0 Å². The van der Waals surface area contributed by atoms with Crippen molar-refractivity contribution in [3.8, 4) is 0 Å². The quantitative estimate of drug-likeness (QED) is 0.547. The van der Waals surface area contributed by atoms with Gasteiger partial charge in [-0.25, -0.2) is 0 Å². The van der Waals surface area contributed by atoms with Gasteiger partial charge in [0.05, 0.1) is 0 Å². The Morgan fingerprint density at radius 2 is 1.30 bits per heavy atom. The normalized spacial score (nSPS) is 12.1. The van der Waals surface area contributed by atoms with Crippen LogP contribution in [0.5, 0.6) is 0 Å². The summed E-state index contributed by atoms with van der Waals surface area (Å²) in [4.78, 5) is 0. The van der Waals surface area contributed by atoms with Crippen molar-refractivity contribution in [2.24, 2.45) is 0 Å². The standard InChI is InChI=1S/C23H24/c1-18-7-6-10-23(17-18)19(2)22-15-13-21(14-16-22)12-11-20-8-4-3-5-9-20/h3-10,13-17,19H,11-12H2,1-2H3. The summed E-state index contributed by atoms with van der Waals surface area (Å²) in [5, 5.41) is 0. The van der Waals surface area contributed by atoms with E-state index in [2.05, 4.69) is 92.7 Å². The topological polar surface area (TPSA) is 0 Å². The molecule has 23 heavy (non-hydrogen) atoms. The minimum atomic E-state index is 0.443. The van der Waals surface area contributed by atoms with Crippen molar-refractivity contribution in [2.45, 2.75) is 32.6 Å². The van der Waals surface area contributed by atoms with Gasteiger partial charge in [0.2, 0.25) is 0 Å². The third-order valence-corrected chi connectivity index (χ3v) is 4.57. The molecule has 0 amide bonds. The van der Waals surface area contributed by atoms with Crippen LogP contribution in [0.1, 0.15) is 40.7 Å². The van der Waals surface area contributed by atoms with Crippen molar-refractivity contribution in [1.82, 2.24) is 0 Å². The van der Waals surface area contributed by atoms with Crippen molar-refractivity contribution in [3.05, 3.63) is 107 Å². The maximum Gasteiger partial charge on any atom is 0.00611 e. The molecule has 0 aromatic heterocycles. The minimum Gasteiger partial charge on any atom is -0.0622 e.